The minimum absolute atomic E-state index is 0. The van der Waals surface area contributed by atoms with Crippen LogP contribution in [0.4, 0.5) is 0 Å². The molecule has 4 heterocycles. The molecule has 7 heteroatoms. The molecule has 1 amide bonds. The highest BCUT2D eigenvalue weighted by atomic mass is 35.5. The molecule has 2 aliphatic rings. The number of carbonyl (C=O) groups is 1. The summed E-state index contributed by atoms with van der Waals surface area (Å²) in [7, 11) is 0. The standard InChI is InChI=1S/C17H19N3O3.ClH/c21-16-13(5-6-14(19-16)15-2-1-9-23-15)17(22)20-11-3-4-12(20)10-18-8-7-11;/h1-2,5-6,9,11-12,18H,3-4,7-8,10H2,(H,19,21);1H. The molecule has 2 aromatic rings. The summed E-state index contributed by atoms with van der Waals surface area (Å²) in [5.41, 5.74) is 0.427. The second kappa shape index (κ2) is 6.83. The van der Waals surface area contributed by atoms with Gasteiger partial charge in [-0.15, -0.1) is 12.4 Å². The second-order valence-electron chi connectivity index (χ2n) is 6.18. The number of carbonyl (C=O) groups excluding carboxylic acids is 1. The molecule has 4 rings (SSSR count). The maximum atomic E-state index is 12.9. The van der Waals surface area contributed by atoms with E-state index in [4.69, 9.17) is 4.42 Å². The largest absolute Gasteiger partial charge is 0.463 e. The Kier molecular flexibility index (Phi) is 4.78. The SMILES string of the molecule is Cl.O=C(c1ccc(-c2ccco2)[nH]c1=O)N1C2CCNCC1CC2. The molecule has 2 aliphatic heterocycles. The first-order valence-corrected chi connectivity index (χ1v) is 8.04. The Morgan fingerprint density at radius 3 is 2.75 bits per heavy atom. The van der Waals surface area contributed by atoms with E-state index < -0.39 is 0 Å². The fourth-order valence-corrected chi connectivity index (χ4v) is 3.67. The summed E-state index contributed by atoms with van der Waals surface area (Å²) >= 11 is 0. The van der Waals surface area contributed by atoms with E-state index in [0.29, 0.717) is 11.5 Å². The number of pyridine rings is 1. The Labute approximate surface area is 145 Å². The van der Waals surface area contributed by atoms with Crippen molar-refractivity contribution in [1.82, 2.24) is 15.2 Å². The zero-order valence-electron chi connectivity index (χ0n) is 13.2. The lowest BCUT2D eigenvalue weighted by Crippen LogP contribution is -2.44. The van der Waals surface area contributed by atoms with Crippen molar-refractivity contribution in [2.45, 2.75) is 31.3 Å². The van der Waals surface area contributed by atoms with E-state index in [1.807, 2.05) is 4.90 Å². The van der Waals surface area contributed by atoms with E-state index in [1.54, 1.807) is 30.5 Å². The van der Waals surface area contributed by atoms with Gasteiger partial charge in [0.05, 0.1) is 12.0 Å². The number of hydrogen-bond acceptors (Lipinski definition) is 4. The third-order valence-electron chi connectivity index (χ3n) is 4.82. The quantitative estimate of drug-likeness (QED) is 0.869. The maximum Gasteiger partial charge on any atom is 0.261 e. The summed E-state index contributed by atoms with van der Waals surface area (Å²) in [5, 5.41) is 3.37. The highest BCUT2D eigenvalue weighted by molar-refractivity contribution is 5.94. The van der Waals surface area contributed by atoms with Gasteiger partial charge in [-0.05, 0) is 50.1 Å². The molecule has 6 nitrogen and oxygen atoms in total. The summed E-state index contributed by atoms with van der Waals surface area (Å²) in [5.74, 6) is 0.425. The Hall–Kier alpha value is -2.05. The molecule has 2 saturated heterocycles. The van der Waals surface area contributed by atoms with Gasteiger partial charge in [0.25, 0.3) is 11.5 Å². The van der Waals surface area contributed by atoms with Crippen molar-refractivity contribution < 1.29 is 9.21 Å². The van der Waals surface area contributed by atoms with Gasteiger partial charge in [0.15, 0.2) is 0 Å². The fourth-order valence-electron chi connectivity index (χ4n) is 3.67. The molecule has 0 aromatic carbocycles. The lowest BCUT2D eigenvalue weighted by Gasteiger charge is -2.27. The minimum atomic E-state index is -0.361. The summed E-state index contributed by atoms with van der Waals surface area (Å²) in [6.45, 7) is 1.74. The number of halogens is 1. The number of fused-ring (bicyclic) bond motifs is 2. The van der Waals surface area contributed by atoms with Gasteiger partial charge in [-0.2, -0.15) is 0 Å². The molecule has 0 spiro atoms. The van der Waals surface area contributed by atoms with E-state index in [0.717, 1.165) is 32.4 Å². The normalized spacial score (nSPS) is 22.8. The monoisotopic (exact) mass is 349 g/mol. The predicted molar refractivity (Wildman–Crippen MR) is 92.5 cm³/mol. The first kappa shape index (κ1) is 16.8. The summed E-state index contributed by atoms with van der Waals surface area (Å²) in [6.07, 6.45) is 4.53. The van der Waals surface area contributed by atoms with Crippen LogP contribution in [0.15, 0.2) is 39.7 Å². The average Bonchev–Trinajstić information content (AvgIpc) is 3.14. The Bertz CT molecular complexity index is 758. The van der Waals surface area contributed by atoms with Gasteiger partial charge in [0.1, 0.15) is 11.3 Å². The van der Waals surface area contributed by atoms with Gasteiger partial charge in [0, 0.05) is 18.6 Å². The van der Waals surface area contributed by atoms with Crippen LogP contribution in [0.5, 0.6) is 0 Å². The second-order valence-corrected chi connectivity index (χ2v) is 6.18. The van der Waals surface area contributed by atoms with Gasteiger partial charge in [-0.3, -0.25) is 9.59 Å². The van der Waals surface area contributed by atoms with E-state index >= 15 is 0 Å². The molecule has 0 saturated carbocycles. The third kappa shape index (κ3) is 2.87. The van der Waals surface area contributed by atoms with Crippen LogP contribution in [0.1, 0.15) is 29.6 Å². The number of rotatable bonds is 2. The molecule has 2 N–H and O–H groups in total. The van der Waals surface area contributed by atoms with Gasteiger partial charge in [-0.1, -0.05) is 0 Å². The zero-order valence-corrected chi connectivity index (χ0v) is 14.0. The van der Waals surface area contributed by atoms with Crippen LogP contribution in [-0.2, 0) is 0 Å². The molecular formula is C17H20ClN3O3. The predicted octanol–water partition coefficient (Wildman–Crippen LogP) is 2.02. The zero-order chi connectivity index (χ0) is 15.8. The van der Waals surface area contributed by atoms with Crippen molar-refractivity contribution in [3.05, 3.63) is 46.4 Å². The maximum absolute atomic E-state index is 12.9. The number of nitrogens with one attached hydrogen (secondary N) is 2. The molecule has 128 valence electrons. The van der Waals surface area contributed by atoms with Crippen molar-refractivity contribution in [3.8, 4) is 11.5 Å². The Morgan fingerprint density at radius 2 is 2.00 bits per heavy atom. The van der Waals surface area contributed by atoms with Gasteiger partial charge < -0.3 is 19.6 Å². The Morgan fingerprint density at radius 1 is 1.17 bits per heavy atom. The summed E-state index contributed by atoms with van der Waals surface area (Å²) < 4.78 is 5.28. The van der Waals surface area contributed by atoms with Crippen LogP contribution >= 0.6 is 12.4 Å². The number of aromatic nitrogens is 1. The van der Waals surface area contributed by atoms with E-state index in [2.05, 4.69) is 10.3 Å². The third-order valence-corrected chi connectivity index (χ3v) is 4.82. The van der Waals surface area contributed by atoms with Crippen molar-refractivity contribution >= 4 is 18.3 Å². The van der Waals surface area contributed by atoms with E-state index in [1.165, 1.54) is 0 Å². The average molecular weight is 350 g/mol. The number of aromatic amines is 1. The van der Waals surface area contributed by atoms with Gasteiger partial charge in [0.2, 0.25) is 0 Å². The van der Waals surface area contributed by atoms with Crippen LogP contribution in [0.25, 0.3) is 11.5 Å². The number of hydrogen-bond donors (Lipinski definition) is 2. The highest BCUT2D eigenvalue weighted by Crippen LogP contribution is 2.29. The molecule has 0 aliphatic carbocycles. The number of H-pyrrole nitrogens is 1. The van der Waals surface area contributed by atoms with E-state index in [9.17, 15) is 9.59 Å². The number of nitrogens with zero attached hydrogens (tertiary/aromatic N) is 1. The van der Waals surface area contributed by atoms with Crippen molar-refractivity contribution in [3.63, 3.8) is 0 Å². The smallest absolute Gasteiger partial charge is 0.261 e. The van der Waals surface area contributed by atoms with Crippen molar-refractivity contribution in [2.75, 3.05) is 13.1 Å². The molecule has 0 radical (unpaired) electrons. The van der Waals surface area contributed by atoms with Crippen LogP contribution in [0.3, 0.4) is 0 Å². The molecule has 2 unspecified atom stereocenters. The van der Waals surface area contributed by atoms with Gasteiger partial charge >= 0.3 is 0 Å². The Balaban J connectivity index is 0.00000169. The van der Waals surface area contributed by atoms with Crippen molar-refractivity contribution in [2.24, 2.45) is 0 Å². The lowest BCUT2D eigenvalue weighted by molar-refractivity contribution is 0.0678. The lowest BCUT2D eigenvalue weighted by atomic mass is 10.1. The molecular weight excluding hydrogens is 330 g/mol. The van der Waals surface area contributed by atoms with Crippen LogP contribution in [0.2, 0.25) is 0 Å². The fraction of sp³-hybridized carbons (Fsp3) is 0.412. The van der Waals surface area contributed by atoms with Crippen molar-refractivity contribution in [1.29, 1.82) is 0 Å². The molecule has 2 bridgehead atoms. The molecule has 2 aromatic heterocycles. The first-order valence-electron chi connectivity index (χ1n) is 8.04. The van der Waals surface area contributed by atoms with Gasteiger partial charge in [-0.25, -0.2) is 0 Å². The summed E-state index contributed by atoms with van der Waals surface area (Å²) in [6, 6.07) is 7.30. The molecule has 2 atom stereocenters. The molecule has 24 heavy (non-hydrogen) atoms. The number of amides is 1. The minimum Gasteiger partial charge on any atom is -0.463 e. The topological polar surface area (TPSA) is 78.3 Å². The van der Waals surface area contributed by atoms with Crippen LogP contribution in [-0.4, -0.2) is 41.0 Å². The number of furan rings is 1. The highest BCUT2D eigenvalue weighted by Gasteiger charge is 2.39. The van der Waals surface area contributed by atoms with Crippen LogP contribution in [0, 0.1) is 0 Å². The first-order chi connectivity index (χ1) is 11.2. The summed E-state index contributed by atoms with van der Waals surface area (Å²) in [4.78, 5) is 29.9. The van der Waals surface area contributed by atoms with E-state index in [-0.39, 0.29) is 41.5 Å². The molecule has 2 fully saturated rings. The van der Waals surface area contributed by atoms with Crippen LogP contribution < -0.4 is 10.9 Å².